The van der Waals surface area contributed by atoms with Crippen molar-refractivity contribution in [3.05, 3.63) is 47.5 Å². The molecule has 0 bridgehead atoms. The quantitative estimate of drug-likeness (QED) is 0.626. The Hall–Kier alpha value is -3.07. The van der Waals surface area contributed by atoms with Crippen molar-refractivity contribution in [3.63, 3.8) is 0 Å². The predicted octanol–water partition coefficient (Wildman–Crippen LogP) is 3.73. The van der Waals surface area contributed by atoms with Crippen LogP contribution < -0.4 is 14.4 Å². The zero-order valence-electron chi connectivity index (χ0n) is 20.5. The monoisotopic (exact) mass is 499 g/mol. The molecular formula is C26H33N3O5S. The summed E-state index contributed by atoms with van der Waals surface area (Å²) in [5, 5.41) is 0. The summed E-state index contributed by atoms with van der Waals surface area (Å²) < 4.78 is 34.0. The number of carbonyl (C=O) groups is 2. The molecule has 0 aromatic heterocycles. The van der Waals surface area contributed by atoms with E-state index in [0.717, 1.165) is 37.1 Å². The Morgan fingerprint density at radius 1 is 1.03 bits per heavy atom. The number of anilines is 2. The van der Waals surface area contributed by atoms with Gasteiger partial charge in [0.2, 0.25) is 11.8 Å². The van der Waals surface area contributed by atoms with Gasteiger partial charge in [-0.05, 0) is 73.6 Å². The van der Waals surface area contributed by atoms with Gasteiger partial charge in [-0.25, -0.2) is 8.42 Å². The maximum Gasteiger partial charge on any atom is 0.262 e. The number of hydrogen-bond donors (Lipinski definition) is 1. The van der Waals surface area contributed by atoms with Gasteiger partial charge in [-0.3, -0.25) is 14.3 Å². The number of carbonyl (C=O) groups excluding carboxylic acids is 2. The first-order valence-electron chi connectivity index (χ1n) is 12.1. The van der Waals surface area contributed by atoms with E-state index in [1.807, 2.05) is 17.9 Å². The summed E-state index contributed by atoms with van der Waals surface area (Å²) in [5.74, 6) is 1.000. The summed E-state index contributed by atoms with van der Waals surface area (Å²) in [4.78, 5) is 29.0. The average molecular weight is 500 g/mol. The second-order valence-electron chi connectivity index (χ2n) is 9.46. The molecule has 2 amide bonds. The number of ether oxygens (including phenoxy) is 1. The van der Waals surface area contributed by atoms with Gasteiger partial charge >= 0.3 is 0 Å². The Morgan fingerprint density at radius 3 is 2.46 bits per heavy atom. The van der Waals surface area contributed by atoms with Gasteiger partial charge in [-0.15, -0.1) is 0 Å². The molecule has 2 aromatic carbocycles. The van der Waals surface area contributed by atoms with Crippen molar-refractivity contribution in [1.82, 2.24) is 4.90 Å². The Bertz CT molecular complexity index is 1220. The molecule has 0 aliphatic carbocycles. The van der Waals surface area contributed by atoms with Gasteiger partial charge in [-0.1, -0.05) is 13.0 Å². The Labute approximate surface area is 207 Å². The fraction of sp³-hybridized carbons (Fsp3) is 0.462. The van der Waals surface area contributed by atoms with Crippen LogP contribution in [0.2, 0.25) is 0 Å². The number of amides is 2. The zero-order chi connectivity index (χ0) is 25.2. The van der Waals surface area contributed by atoms with E-state index < -0.39 is 10.0 Å². The van der Waals surface area contributed by atoms with E-state index in [9.17, 15) is 18.0 Å². The second kappa shape index (κ2) is 10.3. The van der Waals surface area contributed by atoms with Gasteiger partial charge in [0.1, 0.15) is 5.75 Å². The van der Waals surface area contributed by atoms with E-state index in [4.69, 9.17) is 4.74 Å². The molecule has 0 saturated carbocycles. The summed E-state index contributed by atoms with van der Waals surface area (Å²) in [6, 6.07) is 10.1. The molecule has 4 rings (SSSR count). The third-order valence-electron chi connectivity index (χ3n) is 6.85. The average Bonchev–Trinajstić information content (AvgIpc) is 3.26. The van der Waals surface area contributed by atoms with Crippen molar-refractivity contribution in [2.75, 3.05) is 36.4 Å². The summed E-state index contributed by atoms with van der Waals surface area (Å²) >= 11 is 0. The fourth-order valence-corrected chi connectivity index (χ4v) is 5.79. The predicted molar refractivity (Wildman–Crippen MR) is 135 cm³/mol. The van der Waals surface area contributed by atoms with Crippen LogP contribution in [0.25, 0.3) is 0 Å². The van der Waals surface area contributed by atoms with Crippen LogP contribution in [0.3, 0.4) is 0 Å². The van der Waals surface area contributed by atoms with Crippen molar-refractivity contribution in [3.8, 4) is 5.75 Å². The standard InChI is InChI=1S/C26H33N3O5S/c1-18-10-13-28(14-11-18)25(30)8-9-26(31)29-15-12-20-17-21(5-6-23(20)29)35(32,33)27-22-16-19(2)4-7-24(22)34-3/h4-7,16-18,27H,8-15H2,1-3H3. The Balaban J connectivity index is 1.42. The molecule has 2 aliphatic heterocycles. The Kier molecular flexibility index (Phi) is 7.35. The lowest BCUT2D eigenvalue weighted by molar-refractivity contribution is -0.134. The van der Waals surface area contributed by atoms with Gasteiger partial charge in [0.25, 0.3) is 10.0 Å². The third-order valence-corrected chi connectivity index (χ3v) is 8.21. The fourth-order valence-electron chi connectivity index (χ4n) is 4.67. The molecule has 2 heterocycles. The second-order valence-corrected chi connectivity index (χ2v) is 11.1. The van der Waals surface area contributed by atoms with E-state index in [0.29, 0.717) is 36.0 Å². The van der Waals surface area contributed by atoms with Crippen molar-refractivity contribution >= 4 is 33.2 Å². The van der Waals surface area contributed by atoms with Crippen LogP contribution >= 0.6 is 0 Å². The van der Waals surface area contributed by atoms with Gasteiger partial charge < -0.3 is 14.5 Å². The van der Waals surface area contributed by atoms with Crippen LogP contribution in [0.15, 0.2) is 41.3 Å². The van der Waals surface area contributed by atoms with Crippen molar-refractivity contribution < 1.29 is 22.7 Å². The smallest absolute Gasteiger partial charge is 0.262 e. The molecule has 8 nitrogen and oxygen atoms in total. The highest BCUT2D eigenvalue weighted by Crippen LogP contribution is 2.33. The lowest BCUT2D eigenvalue weighted by atomic mass is 9.99. The molecule has 1 N–H and O–H groups in total. The minimum Gasteiger partial charge on any atom is -0.495 e. The number of nitrogens with one attached hydrogen (secondary N) is 1. The number of methoxy groups -OCH3 is 1. The molecule has 9 heteroatoms. The number of benzene rings is 2. The van der Waals surface area contributed by atoms with E-state index in [-0.39, 0.29) is 29.6 Å². The molecule has 2 aliphatic rings. The molecule has 0 unspecified atom stereocenters. The van der Waals surface area contributed by atoms with Gasteiger partial charge in [0, 0.05) is 38.2 Å². The number of sulfonamides is 1. The minimum atomic E-state index is -3.84. The van der Waals surface area contributed by atoms with Crippen molar-refractivity contribution in [1.29, 1.82) is 0 Å². The first kappa shape index (κ1) is 25.0. The van der Waals surface area contributed by atoms with Crippen molar-refractivity contribution in [2.45, 2.75) is 50.8 Å². The summed E-state index contributed by atoms with van der Waals surface area (Å²) in [6.07, 6.45) is 2.94. The highest BCUT2D eigenvalue weighted by molar-refractivity contribution is 7.92. The third kappa shape index (κ3) is 5.61. The molecule has 0 spiro atoms. The normalized spacial score (nSPS) is 16.2. The summed E-state index contributed by atoms with van der Waals surface area (Å²) in [6.45, 7) is 6.08. The number of rotatable bonds is 7. The van der Waals surface area contributed by atoms with E-state index in [2.05, 4.69) is 11.6 Å². The molecule has 2 aromatic rings. The first-order valence-corrected chi connectivity index (χ1v) is 13.5. The number of hydrogen-bond acceptors (Lipinski definition) is 5. The van der Waals surface area contributed by atoms with Crippen LogP contribution in [0.1, 0.15) is 43.7 Å². The first-order chi connectivity index (χ1) is 16.7. The number of nitrogens with zero attached hydrogens (tertiary/aromatic N) is 2. The van der Waals surface area contributed by atoms with Crippen LogP contribution in [0.4, 0.5) is 11.4 Å². The van der Waals surface area contributed by atoms with Crippen LogP contribution in [0, 0.1) is 12.8 Å². The molecule has 1 saturated heterocycles. The van der Waals surface area contributed by atoms with E-state index in [1.165, 1.54) is 13.2 Å². The SMILES string of the molecule is COc1ccc(C)cc1NS(=O)(=O)c1ccc2c(c1)CCN2C(=O)CCC(=O)N1CCC(C)CC1. The van der Waals surface area contributed by atoms with Gasteiger partial charge in [0.15, 0.2) is 0 Å². The number of piperidine rings is 1. The summed E-state index contributed by atoms with van der Waals surface area (Å²) in [5.41, 5.74) is 2.78. The highest BCUT2D eigenvalue weighted by Gasteiger charge is 2.28. The van der Waals surface area contributed by atoms with Gasteiger partial charge in [0.05, 0.1) is 17.7 Å². The maximum absolute atomic E-state index is 13.1. The maximum atomic E-state index is 13.1. The molecule has 0 atom stereocenters. The van der Waals surface area contributed by atoms with E-state index in [1.54, 1.807) is 29.2 Å². The molecular weight excluding hydrogens is 466 g/mol. The van der Waals surface area contributed by atoms with E-state index >= 15 is 0 Å². The Morgan fingerprint density at radius 2 is 1.74 bits per heavy atom. The molecule has 0 radical (unpaired) electrons. The molecule has 188 valence electrons. The minimum absolute atomic E-state index is 0.0313. The van der Waals surface area contributed by atoms with Crippen LogP contribution in [0.5, 0.6) is 5.75 Å². The van der Waals surface area contributed by atoms with Crippen LogP contribution in [-0.4, -0.2) is 51.9 Å². The molecule has 35 heavy (non-hydrogen) atoms. The lowest BCUT2D eigenvalue weighted by Gasteiger charge is -2.30. The number of aryl methyl sites for hydroxylation is 1. The van der Waals surface area contributed by atoms with Crippen LogP contribution in [-0.2, 0) is 26.0 Å². The number of likely N-dealkylation sites (tertiary alicyclic amines) is 1. The lowest BCUT2D eigenvalue weighted by Crippen LogP contribution is -2.38. The topological polar surface area (TPSA) is 96.0 Å². The van der Waals surface area contributed by atoms with Crippen molar-refractivity contribution in [2.24, 2.45) is 5.92 Å². The van der Waals surface area contributed by atoms with Gasteiger partial charge in [-0.2, -0.15) is 0 Å². The number of fused-ring (bicyclic) bond motifs is 1. The highest BCUT2D eigenvalue weighted by atomic mass is 32.2. The zero-order valence-corrected chi connectivity index (χ0v) is 21.4. The summed E-state index contributed by atoms with van der Waals surface area (Å²) in [7, 11) is -2.35. The largest absolute Gasteiger partial charge is 0.495 e. The molecule has 1 fully saturated rings.